The van der Waals surface area contributed by atoms with Gasteiger partial charge in [0.15, 0.2) is 0 Å². The number of hydrogen-bond acceptors (Lipinski definition) is 3. The molecule has 0 aliphatic carbocycles. The van der Waals surface area contributed by atoms with E-state index in [4.69, 9.17) is 5.11 Å². The molecule has 0 saturated heterocycles. The highest BCUT2D eigenvalue weighted by atomic mass is 32.1. The topological polar surface area (TPSA) is 40.5 Å². The Morgan fingerprint density at radius 2 is 2.00 bits per heavy atom. The summed E-state index contributed by atoms with van der Waals surface area (Å²) in [5.41, 5.74) is 1.87. The lowest BCUT2D eigenvalue weighted by molar-refractivity contribution is 0.0702. The summed E-state index contributed by atoms with van der Waals surface area (Å²) < 4.78 is 12.9. The second-order valence-electron chi connectivity index (χ2n) is 4.33. The average Bonchev–Trinajstić information content (AvgIpc) is 2.72. The fraction of sp³-hybridized carbons (Fsp3) is 0.214. The van der Waals surface area contributed by atoms with Crippen LogP contribution >= 0.6 is 11.3 Å². The van der Waals surface area contributed by atoms with Crippen LogP contribution in [0.5, 0.6) is 0 Å². The molecule has 0 amide bonds. The highest BCUT2D eigenvalue weighted by Gasteiger charge is 2.12. The van der Waals surface area contributed by atoms with Crippen LogP contribution in [0.3, 0.4) is 0 Å². The molecular formula is C14H14FNO2S. The third-order valence-electron chi connectivity index (χ3n) is 2.91. The first-order valence-electron chi connectivity index (χ1n) is 5.76. The molecular weight excluding hydrogens is 265 g/mol. The quantitative estimate of drug-likeness (QED) is 0.930. The molecule has 0 saturated carbocycles. The van der Waals surface area contributed by atoms with Crippen molar-refractivity contribution in [2.75, 3.05) is 11.9 Å². The van der Waals surface area contributed by atoms with E-state index in [1.807, 2.05) is 18.9 Å². The highest BCUT2D eigenvalue weighted by molar-refractivity contribution is 7.14. The predicted molar refractivity (Wildman–Crippen MR) is 74.5 cm³/mol. The molecule has 19 heavy (non-hydrogen) atoms. The fourth-order valence-electron chi connectivity index (χ4n) is 1.82. The van der Waals surface area contributed by atoms with Gasteiger partial charge in [-0.05, 0) is 42.8 Å². The number of carboxylic acids is 1. The Balaban J connectivity index is 2.16. The summed E-state index contributed by atoms with van der Waals surface area (Å²) in [6.45, 7) is 2.51. The number of anilines is 1. The Labute approximate surface area is 114 Å². The van der Waals surface area contributed by atoms with Gasteiger partial charge in [0.05, 0.1) is 0 Å². The van der Waals surface area contributed by atoms with Crippen molar-refractivity contribution in [3.8, 4) is 0 Å². The Morgan fingerprint density at radius 1 is 1.37 bits per heavy atom. The Hall–Kier alpha value is -1.88. The van der Waals surface area contributed by atoms with Crippen LogP contribution in [0.15, 0.2) is 30.3 Å². The van der Waals surface area contributed by atoms with Gasteiger partial charge in [0.2, 0.25) is 0 Å². The largest absolute Gasteiger partial charge is 0.477 e. The molecule has 1 heterocycles. The summed E-state index contributed by atoms with van der Waals surface area (Å²) in [7, 11) is 1.89. The van der Waals surface area contributed by atoms with E-state index in [2.05, 4.69) is 0 Å². The molecule has 100 valence electrons. The molecule has 5 heteroatoms. The number of benzene rings is 1. The van der Waals surface area contributed by atoms with Crippen molar-refractivity contribution >= 4 is 23.0 Å². The van der Waals surface area contributed by atoms with Crippen molar-refractivity contribution in [2.45, 2.75) is 13.5 Å². The molecule has 0 atom stereocenters. The highest BCUT2D eigenvalue weighted by Crippen LogP contribution is 2.24. The van der Waals surface area contributed by atoms with E-state index < -0.39 is 5.97 Å². The third kappa shape index (κ3) is 3.12. The van der Waals surface area contributed by atoms with E-state index in [-0.39, 0.29) is 5.82 Å². The predicted octanol–water partition coefficient (Wildman–Crippen LogP) is 3.53. The van der Waals surface area contributed by atoms with Gasteiger partial charge >= 0.3 is 5.97 Å². The molecule has 0 spiro atoms. The van der Waals surface area contributed by atoms with Gasteiger partial charge in [-0.15, -0.1) is 11.3 Å². The van der Waals surface area contributed by atoms with E-state index in [0.717, 1.165) is 16.1 Å². The minimum atomic E-state index is -0.899. The molecule has 2 aromatic rings. The van der Waals surface area contributed by atoms with Crippen LogP contribution in [0.4, 0.5) is 10.1 Å². The molecule has 3 nitrogen and oxygen atoms in total. The number of carboxylic acid groups (broad SMARTS) is 1. The maximum absolute atomic E-state index is 12.9. The fourth-order valence-corrected chi connectivity index (χ4v) is 2.70. The number of halogens is 1. The van der Waals surface area contributed by atoms with E-state index in [0.29, 0.717) is 11.4 Å². The zero-order chi connectivity index (χ0) is 14.0. The average molecular weight is 279 g/mol. The van der Waals surface area contributed by atoms with Crippen LogP contribution < -0.4 is 4.90 Å². The summed E-state index contributed by atoms with van der Waals surface area (Å²) in [4.78, 5) is 14.2. The lowest BCUT2D eigenvalue weighted by Crippen LogP contribution is -2.16. The Morgan fingerprint density at radius 3 is 2.53 bits per heavy atom. The molecule has 0 unspecified atom stereocenters. The van der Waals surface area contributed by atoms with Crippen LogP contribution in [-0.2, 0) is 6.54 Å². The monoisotopic (exact) mass is 279 g/mol. The number of thiophene rings is 1. The van der Waals surface area contributed by atoms with Crippen molar-refractivity contribution < 1.29 is 14.3 Å². The standard InChI is InChI=1S/C14H14FNO2S/c1-9-10(7-13(19-9)14(17)18)8-16(2)12-5-3-11(15)4-6-12/h3-7H,8H2,1-2H3,(H,17,18). The first-order valence-corrected chi connectivity index (χ1v) is 6.58. The van der Waals surface area contributed by atoms with Crippen molar-refractivity contribution in [1.82, 2.24) is 0 Å². The first kappa shape index (κ1) is 13.5. The number of aryl methyl sites for hydroxylation is 1. The molecule has 0 aliphatic rings. The van der Waals surface area contributed by atoms with Crippen LogP contribution in [0.1, 0.15) is 20.1 Å². The normalized spacial score (nSPS) is 10.5. The summed E-state index contributed by atoms with van der Waals surface area (Å²) in [5, 5.41) is 8.96. The van der Waals surface area contributed by atoms with Gasteiger partial charge in [-0.1, -0.05) is 0 Å². The van der Waals surface area contributed by atoms with Gasteiger partial charge in [-0.2, -0.15) is 0 Å². The number of rotatable bonds is 4. The SMILES string of the molecule is Cc1sc(C(=O)O)cc1CN(C)c1ccc(F)cc1. The molecule has 1 aromatic carbocycles. The van der Waals surface area contributed by atoms with Crippen LogP contribution in [-0.4, -0.2) is 18.1 Å². The lowest BCUT2D eigenvalue weighted by Gasteiger charge is -2.19. The lowest BCUT2D eigenvalue weighted by atomic mass is 10.2. The van der Waals surface area contributed by atoms with Crippen LogP contribution in [0.2, 0.25) is 0 Å². The van der Waals surface area contributed by atoms with Crippen molar-refractivity contribution in [3.63, 3.8) is 0 Å². The van der Waals surface area contributed by atoms with Gasteiger partial charge in [0, 0.05) is 24.2 Å². The van der Waals surface area contributed by atoms with Crippen LogP contribution in [0, 0.1) is 12.7 Å². The molecule has 1 N–H and O–H groups in total. The van der Waals surface area contributed by atoms with E-state index in [1.165, 1.54) is 23.5 Å². The van der Waals surface area contributed by atoms with E-state index in [9.17, 15) is 9.18 Å². The maximum atomic E-state index is 12.9. The third-order valence-corrected chi connectivity index (χ3v) is 3.99. The van der Waals surface area contributed by atoms with Gasteiger partial charge in [0.25, 0.3) is 0 Å². The summed E-state index contributed by atoms with van der Waals surface area (Å²) in [6, 6.07) is 7.93. The van der Waals surface area contributed by atoms with Crippen molar-refractivity contribution in [2.24, 2.45) is 0 Å². The zero-order valence-corrected chi connectivity index (χ0v) is 11.5. The number of aromatic carboxylic acids is 1. The zero-order valence-electron chi connectivity index (χ0n) is 10.7. The molecule has 0 radical (unpaired) electrons. The molecule has 0 aliphatic heterocycles. The van der Waals surface area contributed by atoms with E-state index in [1.54, 1.807) is 18.2 Å². The Bertz CT molecular complexity index is 592. The van der Waals surface area contributed by atoms with Crippen molar-refractivity contribution in [1.29, 1.82) is 0 Å². The number of hydrogen-bond donors (Lipinski definition) is 1. The maximum Gasteiger partial charge on any atom is 0.345 e. The number of carbonyl (C=O) groups is 1. The van der Waals surface area contributed by atoms with Gasteiger partial charge in [0.1, 0.15) is 10.7 Å². The molecule has 1 aromatic heterocycles. The smallest absolute Gasteiger partial charge is 0.345 e. The summed E-state index contributed by atoms with van der Waals surface area (Å²) in [5.74, 6) is -1.17. The van der Waals surface area contributed by atoms with Gasteiger partial charge < -0.3 is 10.0 Å². The van der Waals surface area contributed by atoms with E-state index >= 15 is 0 Å². The second kappa shape index (κ2) is 5.40. The minimum absolute atomic E-state index is 0.267. The van der Waals surface area contributed by atoms with Gasteiger partial charge in [-0.25, -0.2) is 9.18 Å². The van der Waals surface area contributed by atoms with Crippen molar-refractivity contribution in [3.05, 3.63) is 51.5 Å². The summed E-state index contributed by atoms with van der Waals surface area (Å²) in [6.07, 6.45) is 0. The van der Waals surface area contributed by atoms with Gasteiger partial charge in [-0.3, -0.25) is 0 Å². The molecule has 0 fully saturated rings. The second-order valence-corrected chi connectivity index (χ2v) is 5.59. The molecule has 2 rings (SSSR count). The molecule has 0 bridgehead atoms. The van der Waals surface area contributed by atoms with Crippen LogP contribution in [0.25, 0.3) is 0 Å². The minimum Gasteiger partial charge on any atom is -0.477 e. The first-order chi connectivity index (χ1) is 8.97. The Kier molecular flexibility index (Phi) is 3.85. The summed E-state index contributed by atoms with van der Waals surface area (Å²) >= 11 is 1.28. The number of nitrogens with zero attached hydrogens (tertiary/aromatic N) is 1.